The van der Waals surface area contributed by atoms with Gasteiger partial charge in [-0.2, -0.15) is 5.10 Å². The number of carbonyl (C=O) groups excluding carboxylic acids is 1. The predicted molar refractivity (Wildman–Crippen MR) is 152 cm³/mol. The number of carbonyl (C=O) groups is 1. The molecule has 0 unspecified atom stereocenters. The summed E-state index contributed by atoms with van der Waals surface area (Å²) >= 11 is 6.43. The van der Waals surface area contributed by atoms with Gasteiger partial charge in [0.15, 0.2) is 0 Å². The van der Waals surface area contributed by atoms with Gasteiger partial charge in [0.2, 0.25) is 0 Å². The predicted octanol–water partition coefficient (Wildman–Crippen LogP) is 6.56. The van der Waals surface area contributed by atoms with Gasteiger partial charge in [-0.15, -0.1) is 0 Å². The number of nitrogens with one attached hydrogen (secondary N) is 1. The van der Waals surface area contributed by atoms with Crippen molar-refractivity contribution in [2.24, 2.45) is 4.99 Å². The van der Waals surface area contributed by atoms with E-state index in [1.165, 1.54) is 19.0 Å². The van der Waals surface area contributed by atoms with Crippen LogP contribution in [0.15, 0.2) is 78.7 Å². The number of nitrogens with zero attached hydrogens (tertiary/aromatic N) is 5. The lowest BCUT2D eigenvalue weighted by Gasteiger charge is -2.19. The number of imidazole rings is 1. The standard InChI is InChI=1S/C29H29ClN6O/c1-4-21(19-31-5-2)26-18-28-35(14-15-36(28)33-26)27-16-22(9-8-20(27)3)32-29(37)24-17-23(10-11-25(24)30)34-12-6-7-13-34/h4-5,8-11,14-19H,2,6-7,12-13H2,1,3H3,(H,32,37)/b21-4+,31-19?. The molecular formula is C29H29ClN6O. The molecule has 5 rings (SSSR count). The van der Waals surface area contributed by atoms with Gasteiger partial charge in [-0.3, -0.25) is 14.4 Å². The molecule has 37 heavy (non-hydrogen) atoms. The van der Waals surface area contributed by atoms with Crippen LogP contribution in [0.3, 0.4) is 0 Å². The fourth-order valence-electron chi connectivity index (χ4n) is 4.65. The molecule has 0 bridgehead atoms. The van der Waals surface area contributed by atoms with Crippen LogP contribution in [0.4, 0.5) is 11.4 Å². The molecule has 0 spiro atoms. The van der Waals surface area contributed by atoms with Gasteiger partial charge in [0.25, 0.3) is 5.91 Å². The molecule has 2 aromatic carbocycles. The van der Waals surface area contributed by atoms with E-state index in [9.17, 15) is 4.79 Å². The van der Waals surface area contributed by atoms with Gasteiger partial charge in [-0.25, -0.2) is 4.52 Å². The summed E-state index contributed by atoms with van der Waals surface area (Å²) in [6.45, 7) is 9.63. The van der Waals surface area contributed by atoms with E-state index in [4.69, 9.17) is 11.6 Å². The molecule has 1 N–H and O–H groups in total. The van der Waals surface area contributed by atoms with Crippen LogP contribution in [0.2, 0.25) is 5.02 Å². The third-order valence-electron chi connectivity index (χ3n) is 6.64. The van der Waals surface area contributed by atoms with E-state index >= 15 is 0 Å². The van der Waals surface area contributed by atoms with Crippen LogP contribution >= 0.6 is 11.6 Å². The van der Waals surface area contributed by atoms with Crippen molar-refractivity contribution < 1.29 is 4.79 Å². The van der Waals surface area contributed by atoms with Crippen molar-refractivity contribution in [3.05, 3.63) is 95.6 Å². The second-order valence-corrected chi connectivity index (χ2v) is 9.43. The fraction of sp³-hybridized carbons (Fsp3) is 0.207. The average Bonchev–Trinajstić information content (AvgIpc) is 3.64. The quantitative estimate of drug-likeness (QED) is 0.285. The van der Waals surface area contributed by atoms with Crippen molar-refractivity contribution in [2.45, 2.75) is 26.7 Å². The van der Waals surface area contributed by atoms with Gasteiger partial charge in [-0.1, -0.05) is 30.3 Å². The van der Waals surface area contributed by atoms with Crippen molar-refractivity contribution in [2.75, 3.05) is 23.3 Å². The molecule has 1 amide bonds. The van der Waals surface area contributed by atoms with Crippen molar-refractivity contribution >= 4 is 46.3 Å². The summed E-state index contributed by atoms with van der Waals surface area (Å²) in [5, 5.41) is 8.16. The van der Waals surface area contributed by atoms with Crippen molar-refractivity contribution in [1.82, 2.24) is 14.2 Å². The molecule has 7 nitrogen and oxygen atoms in total. The van der Waals surface area contributed by atoms with Gasteiger partial charge < -0.3 is 10.2 Å². The SMILES string of the molecule is C=CN=C/C(=C\C)c1cc2n(-c3cc(NC(=O)c4cc(N5CCCC5)ccc4Cl)ccc3C)ccn2n1. The van der Waals surface area contributed by atoms with Crippen LogP contribution in [0.25, 0.3) is 16.9 Å². The van der Waals surface area contributed by atoms with Crippen LogP contribution in [0.1, 0.15) is 41.4 Å². The highest BCUT2D eigenvalue weighted by atomic mass is 35.5. The summed E-state index contributed by atoms with van der Waals surface area (Å²) < 4.78 is 3.88. The van der Waals surface area contributed by atoms with E-state index in [0.717, 1.165) is 46.9 Å². The molecular weight excluding hydrogens is 484 g/mol. The summed E-state index contributed by atoms with van der Waals surface area (Å²) in [7, 11) is 0. The minimum Gasteiger partial charge on any atom is -0.372 e. The Balaban J connectivity index is 1.44. The van der Waals surface area contributed by atoms with Gasteiger partial charge in [0, 0.05) is 60.9 Å². The number of fused-ring (bicyclic) bond motifs is 1. The zero-order chi connectivity index (χ0) is 25.9. The highest BCUT2D eigenvalue weighted by Gasteiger charge is 2.18. The Morgan fingerprint density at radius 3 is 2.70 bits per heavy atom. The van der Waals surface area contributed by atoms with Crippen molar-refractivity contribution in [3.8, 4) is 5.69 Å². The number of aromatic nitrogens is 3. The maximum absolute atomic E-state index is 13.2. The molecule has 2 aromatic heterocycles. The minimum absolute atomic E-state index is 0.232. The monoisotopic (exact) mass is 512 g/mol. The molecule has 0 aliphatic carbocycles. The number of benzene rings is 2. The van der Waals surface area contributed by atoms with Gasteiger partial charge >= 0.3 is 0 Å². The third-order valence-corrected chi connectivity index (χ3v) is 6.97. The van der Waals surface area contributed by atoms with E-state index in [0.29, 0.717) is 16.3 Å². The highest BCUT2D eigenvalue weighted by molar-refractivity contribution is 6.34. The first kappa shape index (κ1) is 24.6. The van der Waals surface area contributed by atoms with E-state index in [2.05, 4.69) is 31.5 Å². The second-order valence-electron chi connectivity index (χ2n) is 9.02. The van der Waals surface area contributed by atoms with E-state index in [1.807, 2.05) is 73.2 Å². The smallest absolute Gasteiger partial charge is 0.257 e. The summed E-state index contributed by atoms with van der Waals surface area (Å²) in [6, 6.07) is 13.5. The van der Waals surface area contributed by atoms with E-state index in [1.54, 1.807) is 12.3 Å². The van der Waals surface area contributed by atoms with Crippen LogP contribution in [0.5, 0.6) is 0 Å². The number of amides is 1. The summed E-state index contributed by atoms with van der Waals surface area (Å²) in [5.74, 6) is -0.232. The van der Waals surface area contributed by atoms with Gasteiger partial charge in [0.05, 0.1) is 22.0 Å². The lowest BCUT2D eigenvalue weighted by atomic mass is 10.1. The molecule has 0 saturated carbocycles. The third kappa shape index (κ3) is 4.95. The fourth-order valence-corrected chi connectivity index (χ4v) is 4.85. The maximum Gasteiger partial charge on any atom is 0.257 e. The number of allylic oxidation sites excluding steroid dienone is 2. The Bertz CT molecular complexity index is 1540. The molecule has 8 heteroatoms. The second kappa shape index (κ2) is 10.5. The van der Waals surface area contributed by atoms with E-state index < -0.39 is 0 Å². The lowest BCUT2D eigenvalue weighted by Crippen LogP contribution is -2.19. The number of anilines is 2. The van der Waals surface area contributed by atoms with Gasteiger partial charge in [-0.05, 0) is 62.6 Å². The largest absolute Gasteiger partial charge is 0.372 e. The molecule has 4 aromatic rings. The van der Waals surface area contributed by atoms with E-state index in [-0.39, 0.29) is 5.91 Å². The van der Waals surface area contributed by atoms with Crippen molar-refractivity contribution in [3.63, 3.8) is 0 Å². The first-order chi connectivity index (χ1) is 18.0. The molecule has 0 atom stereocenters. The zero-order valence-corrected chi connectivity index (χ0v) is 21.7. The Hall–Kier alpha value is -4.10. The Morgan fingerprint density at radius 1 is 1.14 bits per heavy atom. The number of hydrogen-bond acceptors (Lipinski definition) is 4. The number of rotatable bonds is 7. The number of aryl methyl sites for hydroxylation is 1. The average molecular weight is 513 g/mol. The molecule has 1 aliphatic rings. The first-order valence-corrected chi connectivity index (χ1v) is 12.7. The molecule has 3 heterocycles. The number of hydrogen-bond donors (Lipinski definition) is 1. The highest BCUT2D eigenvalue weighted by Crippen LogP contribution is 2.28. The molecule has 1 aliphatic heterocycles. The topological polar surface area (TPSA) is 66.9 Å². The van der Waals surface area contributed by atoms with Crippen LogP contribution < -0.4 is 10.2 Å². The minimum atomic E-state index is -0.232. The van der Waals surface area contributed by atoms with Crippen LogP contribution in [-0.2, 0) is 0 Å². The van der Waals surface area contributed by atoms with Gasteiger partial charge in [0.1, 0.15) is 5.65 Å². The first-order valence-electron chi connectivity index (χ1n) is 12.3. The molecule has 0 radical (unpaired) electrons. The Labute approximate surface area is 221 Å². The molecule has 188 valence electrons. The summed E-state index contributed by atoms with van der Waals surface area (Å²) in [4.78, 5) is 19.7. The summed E-state index contributed by atoms with van der Waals surface area (Å²) in [6.07, 6.45) is 11.4. The Kier molecular flexibility index (Phi) is 6.97. The molecule has 1 saturated heterocycles. The number of halogens is 1. The van der Waals surface area contributed by atoms with Crippen LogP contribution in [-0.4, -0.2) is 39.4 Å². The Morgan fingerprint density at radius 2 is 1.95 bits per heavy atom. The number of aliphatic imine (C=N–C) groups is 1. The summed E-state index contributed by atoms with van der Waals surface area (Å²) in [5.41, 5.74) is 6.80. The molecule has 1 fully saturated rings. The van der Waals surface area contributed by atoms with Crippen LogP contribution in [0, 0.1) is 6.92 Å². The van der Waals surface area contributed by atoms with Crippen molar-refractivity contribution in [1.29, 1.82) is 0 Å². The normalized spacial score (nSPS) is 14.1. The zero-order valence-electron chi connectivity index (χ0n) is 21.0. The lowest BCUT2D eigenvalue weighted by molar-refractivity contribution is 0.102. The maximum atomic E-state index is 13.2.